The van der Waals surface area contributed by atoms with Crippen molar-refractivity contribution in [3.63, 3.8) is 0 Å². The fraction of sp³-hybridized carbons (Fsp3) is 0. The summed E-state index contributed by atoms with van der Waals surface area (Å²) in [6, 6.07) is 21.2. The van der Waals surface area contributed by atoms with Gasteiger partial charge >= 0.3 is 0 Å². The smallest absolute Gasteiger partial charge is 0.136 e. The van der Waals surface area contributed by atoms with Crippen LogP contribution in [0.5, 0.6) is 0 Å². The highest BCUT2D eigenvalue weighted by molar-refractivity contribution is 6.05. The van der Waals surface area contributed by atoms with Gasteiger partial charge in [-0.3, -0.25) is 4.98 Å². The molecule has 2 nitrogen and oxygen atoms in total. The van der Waals surface area contributed by atoms with E-state index >= 15 is 0 Å². The number of benzene rings is 2. The lowest BCUT2D eigenvalue weighted by Gasteiger charge is -1.98. The highest BCUT2D eigenvalue weighted by atomic mass is 16.3. The average molecular weight is 244 g/mol. The Labute approximate surface area is 110 Å². The number of hydrogen-bond donors (Lipinski definition) is 0. The second kappa shape index (κ2) is 3.95. The number of aromatic nitrogens is 1. The first-order chi connectivity index (χ1) is 9.42. The third-order valence-corrected chi connectivity index (χ3v) is 3.25. The molecule has 2 heterocycles. The SMILES string of the molecule is [c]1cc2c(cc1-c1ccccn1)oc1ccccc12. The molecule has 0 aliphatic heterocycles. The molecule has 4 rings (SSSR count). The Morgan fingerprint density at radius 1 is 0.895 bits per heavy atom. The number of furan rings is 1. The van der Waals surface area contributed by atoms with Gasteiger partial charge < -0.3 is 4.42 Å². The van der Waals surface area contributed by atoms with Crippen LogP contribution in [-0.4, -0.2) is 4.98 Å². The number of hydrogen-bond acceptors (Lipinski definition) is 2. The Morgan fingerprint density at radius 3 is 2.68 bits per heavy atom. The molecule has 0 saturated heterocycles. The van der Waals surface area contributed by atoms with Gasteiger partial charge in [-0.25, -0.2) is 0 Å². The van der Waals surface area contributed by atoms with Crippen molar-refractivity contribution in [3.8, 4) is 11.3 Å². The molecule has 0 atom stereocenters. The molecule has 0 amide bonds. The monoisotopic (exact) mass is 244 g/mol. The lowest BCUT2D eigenvalue weighted by molar-refractivity contribution is 0.669. The first kappa shape index (κ1) is 10.3. The van der Waals surface area contributed by atoms with E-state index in [0.29, 0.717) is 0 Å². The quantitative estimate of drug-likeness (QED) is 0.494. The Balaban J connectivity index is 1.99. The molecule has 89 valence electrons. The summed E-state index contributed by atoms with van der Waals surface area (Å²) in [6.07, 6.45) is 1.78. The topological polar surface area (TPSA) is 26.0 Å². The lowest BCUT2D eigenvalue weighted by atomic mass is 10.1. The molecular formula is C17H10NO. The van der Waals surface area contributed by atoms with Crippen LogP contribution >= 0.6 is 0 Å². The molecule has 0 aliphatic rings. The van der Waals surface area contributed by atoms with Gasteiger partial charge in [0.2, 0.25) is 0 Å². The standard InChI is InChI=1S/C17H10NO/c1-2-7-16-13(5-1)14-9-8-12(11-17(14)19-16)15-6-3-4-10-18-15/h1-7,9-11H. The van der Waals surface area contributed by atoms with Crippen LogP contribution in [0.25, 0.3) is 33.2 Å². The van der Waals surface area contributed by atoms with Crippen LogP contribution in [0, 0.1) is 6.07 Å². The summed E-state index contributed by atoms with van der Waals surface area (Å²) in [7, 11) is 0. The van der Waals surface area contributed by atoms with E-state index < -0.39 is 0 Å². The largest absolute Gasteiger partial charge is 0.456 e. The Hall–Kier alpha value is -2.61. The normalized spacial score (nSPS) is 11.2. The van der Waals surface area contributed by atoms with Crippen molar-refractivity contribution in [2.45, 2.75) is 0 Å². The maximum absolute atomic E-state index is 5.87. The van der Waals surface area contributed by atoms with Crippen molar-refractivity contribution >= 4 is 21.9 Å². The van der Waals surface area contributed by atoms with E-state index in [1.807, 2.05) is 48.5 Å². The number of nitrogens with zero attached hydrogens (tertiary/aromatic N) is 1. The molecule has 19 heavy (non-hydrogen) atoms. The second-order valence-corrected chi connectivity index (χ2v) is 4.44. The van der Waals surface area contributed by atoms with E-state index in [0.717, 1.165) is 33.2 Å². The van der Waals surface area contributed by atoms with E-state index in [1.165, 1.54) is 0 Å². The molecule has 2 heteroatoms. The van der Waals surface area contributed by atoms with Crippen molar-refractivity contribution < 1.29 is 4.42 Å². The first-order valence-corrected chi connectivity index (χ1v) is 6.16. The van der Waals surface area contributed by atoms with Gasteiger partial charge in [-0.15, -0.1) is 0 Å². The predicted molar refractivity (Wildman–Crippen MR) is 75.8 cm³/mol. The minimum absolute atomic E-state index is 0.876. The maximum Gasteiger partial charge on any atom is 0.136 e. The van der Waals surface area contributed by atoms with Gasteiger partial charge in [-0.1, -0.05) is 24.3 Å². The highest BCUT2D eigenvalue weighted by Crippen LogP contribution is 2.30. The van der Waals surface area contributed by atoms with Gasteiger partial charge in [0.1, 0.15) is 11.2 Å². The molecule has 2 aromatic heterocycles. The van der Waals surface area contributed by atoms with Crippen LogP contribution in [0.2, 0.25) is 0 Å². The van der Waals surface area contributed by atoms with Gasteiger partial charge in [0.15, 0.2) is 0 Å². The summed E-state index contributed by atoms with van der Waals surface area (Å²) >= 11 is 0. The zero-order chi connectivity index (χ0) is 12.7. The zero-order valence-electron chi connectivity index (χ0n) is 10.1. The van der Waals surface area contributed by atoms with Gasteiger partial charge in [0.25, 0.3) is 0 Å². The van der Waals surface area contributed by atoms with Gasteiger partial charge in [-0.05, 0) is 36.4 Å². The highest BCUT2D eigenvalue weighted by Gasteiger charge is 2.08. The average Bonchev–Trinajstić information content (AvgIpc) is 2.86. The second-order valence-electron chi connectivity index (χ2n) is 4.44. The number of fused-ring (bicyclic) bond motifs is 3. The summed E-state index contributed by atoms with van der Waals surface area (Å²) < 4.78 is 5.87. The first-order valence-electron chi connectivity index (χ1n) is 6.16. The van der Waals surface area contributed by atoms with E-state index in [-0.39, 0.29) is 0 Å². The van der Waals surface area contributed by atoms with Crippen molar-refractivity contribution in [2.24, 2.45) is 0 Å². The van der Waals surface area contributed by atoms with Crippen LogP contribution in [0.4, 0.5) is 0 Å². The molecule has 4 aromatic rings. The molecule has 0 N–H and O–H groups in total. The summed E-state index contributed by atoms with van der Waals surface area (Å²) in [6.45, 7) is 0. The molecule has 0 unspecified atom stereocenters. The molecule has 2 aromatic carbocycles. The molecule has 0 bridgehead atoms. The van der Waals surface area contributed by atoms with Crippen LogP contribution in [0.15, 0.2) is 65.2 Å². The summed E-state index contributed by atoms with van der Waals surface area (Å²) in [5.41, 5.74) is 3.64. The van der Waals surface area contributed by atoms with Gasteiger partial charge in [0, 0.05) is 22.5 Å². The zero-order valence-corrected chi connectivity index (χ0v) is 10.1. The summed E-state index contributed by atoms with van der Waals surface area (Å²) in [4.78, 5) is 4.34. The molecule has 1 radical (unpaired) electrons. The van der Waals surface area contributed by atoms with Gasteiger partial charge in [0.05, 0.1) is 5.69 Å². The van der Waals surface area contributed by atoms with Crippen LogP contribution in [0.3, 0.4) is 0 Å². The van der Waals surface area contributed by atoms with Crippen molar-refractivity contribution in [2.75, 3.05) is 0 Å². The predicted octanol–water partition coefficient (Wildman–Crippen LogP) is 4.45. The van der Waals surface area contributed by atoms with E-state index in [1.54, 1.807) is 6.20 Å². The molecule has 0 aliphatic carbocycles. The Bertz CT molecular complexity index is 862. The molecule has 0 fully saturated rings. The molecule has 0 saturated carbocycles. The third kappa shape index (κ3) is 1.61. The van der Waals surface area contributed by atoms with E-state index in [9.17, 15) is 0 Å². The lowest BCUT2D eigenvalue weighted by Crippen LogP contribution is -1.81. The van der Waals surface area contributed by atoms with Gasteiger partial charge in [-0.2, -0.15) is 0 Å². The van der Waals surface area contributed by atoms with Crippen molar-refractivity contribution in [3.05, 3.63) is 66.9 Å². The maximum atomic E-state index is 5.87. The van der Waals surface area contributed by atoms with Crippen molar-refractivity contribution in [1.29, 1.82) is 0 Å². The van der Waals surface area contributed by atoms with Crippen molar-refractivity contribution in [1.82, 2.24) is 4.98 Å². The summed E-state index contributed by atoms with van der Waals surface area (Å²) in [5, 5.41) is 2.22. The van der Waals surface area contributed by atoms with Crippen LogP contribution in [-0.2, 0) is 0 Å². The van der Waals surface area contributed by atoms with Crippen LogP contribution in [0.1, 0.15) is 0 Å². The van der Waals surface area contributed by atoms with E-state index in [2.05, 4.69) is 17.1 Å². The minimum Gasteiger partial charge on any atom is -0.456 e. The third-order valence-electron chi connectivity index (χ3n) is 3.25. The molecule has 0 spiro atoms. The minimum atomic E-state index is 0.876. The Kier molecular flexibility index (Phi) is 2.15. The van der Waals surface area contributed by atoms with Crippen LogP contribution < -0.4 is 0 Å². The number of rotatable bonds is 1. The Morgan fingerprint density at radius 2 is 1.79 bits per heavy atom. The number of pyridine rings is 1. The fourth-order valence-corrected chi connectivity index (χ4v) is 2.33. The van der Waals surface area contributed by atoms with E-state index in [4.69, 9.17) is 4.42 Å². The summed E-state index contributed by atoms with van der Waals surface area (Å²) in [5.74, 6) is 0. The fourth-order valence-electron chi connectivity index (χ4n) is 2.33. The number of para-hydroxylation sites is 1. The molecular weight excluding hydrogens is 234 g/mol.